The molecular weight excluding hydrogens is 173 g/mol. The van der Waals surface area contributed by atoms with E-state index in [1.54, 1.807) is 0 Å². The Bertz CT molecular complexity index is 174. The Balaban J connectivity index is 2.47. The van der Waals surface area contributed by atoms with Gasteiger partial charge in [0.1, 0.15) is 6.04 Å². The Morgan fingerprint density at radius 1 is 1.67 bits per heavy atom. The van der Waals surface area contributed by atoms with Gasteiger partial charge in [-0.2, -0.15) is 0 Å². The van der Waals surface area contributed by atoms with Crippen LogP contribution in [0.1, 0.15) is 26.7 Å². The van der Waals surface area contributed by atoms with Crippen molar-refractivity contribution in [2.75, 3.05) is 6.61 Å². The molecule has 0 aromatic heterocycles. The van der Waals surface area contributed by atoms with Gasteiger partial charge in [-0.15, -0.1) is 0 Å². The summed E-state index contributed by atoms with van der Waals surface area (Å²) in [5.41, 5.74) is 0. The van der Waals surface area contributed by atoms with Crippen LogP contribution in [0.2, 0.25) is 0 Å². The van der Waals surface area contributed by atoms with Gasteiger partial charge in [-0.3, -0.25) is 9.46 Å². The summed E-state index contributed by atoms with van der Waals surface area (Å²) in [7, 11) is 2.60. The lowest BCUT2D eigenvalue weighted by atomic mass is 10.2. The first-order valence-electron chi connectivity index (χ1n) is 4.36. The number of hydrogen-bond donors (Lipinski definition) is 0. The smallest absolute Gasteiger partial charge is 0.323 e. The minimum atomic E-state index is -0.0862. The SMILES string of the molecule is CCOC(=O)[C@@H]1CC[C@H](C)N1P. The Hall–Kier alpha value is -0.140. The molecule has 0 radical (unpaired) electrons. The van der Waals surface area contributed by atoms with Crippen molar-refractivity contribution in [1.29, 1.82) is 0 Å². The summed E-state index contributed by atoms with van der Waals surface area (Å²) in [6.07, 6.45) is 2.00. The molecule has 0 aromatic rings. The lowest BCUT2D eigenvalue weighted by Crippen LogP contribution is -2.33. The molecule has 0 bridgehead atoms. The van der Waals surface area contributed by atoms with Gasteiger partial charge in [0.2, 0.25) is 0 Å². The van der Waals surface area contributed by atoms with E-state index < -0.39 is 0 Å². The van der Waals surface area contributed by atoms with Gasteiger partial charge in [-0.25, -0.2) is 0 Å². The van der Waals surface area contributed by atoms with Gasteiger partial charge < -0.3 is 4.74 Å². The van der Waals surface area contributed by atoms with E-state index in [0.717, 1.165) is 12.8 Å². The van der Waals surface area contributed by atoms with E-state index in [1.807, 2.05) is 11.6 Å². The fraction of sp³-hybridized carbons (Fsp3) is 0.875. The van der Waals surface area contributed by atoms with Crippen molar-refractivity contribution >= 4 is 15.4 Å². The van der Waals surface area contributed by atoms with Crippen LogP contribution in [0.15, 0.2) is 0 Å². The molecule has 1 aliphatic rings. The van der Waals surface area contributed by atoms with Crippen LogP contribution < -0.4 is 0 Å². The van der Waals surface area contributed by atoms with Gasteiger partial charge in [0, 0.05) is 6.04 Å². The van der Waals surface area contributed by atoms with Crippen molar-refractivity contribution in [2.24, 2.45) is 0 Å². The van der Waals surface area contributed by atoms with Crippen LogP contribution in [0.3, 0.4) is 0 Å². The summed E-state index contributed by atoms with van der Waals surface area (Å²) in [5.74, 6) is -0.0862. The average molecular weight is 189 g/mol. The maximum Gasteiger partial charge on any atom is 0.323 e. The zero-order valence-electron chi connectivity index (χ0n) is 7.62. The zero-order valence-corrected chi connectivity index (χ0v) is 8.77. The van der Waals surface area contributed by atoms with Crippen LogP contribution in [-0.4, -0.2) is 29.3 Å². The molecule has 3 nitrogen and oxygen atoms in total. The highest BCUT2D eigenvalue weighted by Crippen LogP contribution is 2.27. The van der Waals surface area contributed by atoms with E-state index >= 15 is 0 Å². The van der Waals surface area contributed by atoms with Gasteiger partial charge in [-0.1, -0.05) is 9.39 Å². The van der Waals surface area contributed by atoms with Gasteiger partial charge in [0.25, 0.3) is 0 Å². The van der Waals surface area contributed by atoms with E-state index in [9.17, 15) is 4.79 Å². The van der Waals surface area contributed by atoms with Gasteiger partial charge >= 0.3 is 5.97 Å². The van der Waals surface area contributed by atoms with Crippen LogP contribution in [0.5, 0.6) is 0 Å². The molecule has 1 fully saturated rings. The number of ether oxygens (including phenoxy) is 1. The molecule has 0 amide bonds. The summed E-state index contributed by atoms with van der Waals surface area (Å²) in [6, 6.07) is 0.439. The molecule has 4 heteroatoms. The second kappa shape index (κ2) is 4.20. The number of hydrogen-bond acceptors (Lipinski definition) is 3. The third-order valence-electron chi connectivity index (χ3n) is 2.29. The quantitative estimate of drug-likeness (QED) is 0.482. The highest BCUT2D eigenvalue weighted by molar-refractivity contribution is 7.13. The maximum atomic E-state index is 11.3. The van der Waals surface area contributed by atoms with Crippen molar-refractivity contribution in [3.63, 3.8) is 0 Å². The Morgan fingerprint density at radius 3 is 2.75 bits per heavy atom. The number of esters is 1. The van der Waals surface area contributed by atoms with Crippen molar-refractivity contribution < 1.29 is 9.53 Å². The molecule has 1 unspecified atom stereocenters. The van der Waals surface area contributed by atoms with Crippen molar-refractivity contribution in [3.8, 4) is 0 Å². The fourth-order valence-corrected chi connectivity index (χ4v) is 1.90. The molecule has 1 aliphatic heterocycles. The molecule has 0 aromatic carbocycles. The molecule has 0 saturated carbocycles. The van der Waals surface area contributed by atoms with E-state index in [0.29, 0.717) is 12.6 Å². The largest absolute Gasteiger partial charge is 0.465 e. The molecule has 0 spiro atoms. The Morgan fingerprint density at radius 2 is 2.33 bits per heavy atom. The van der Waals surface area contributed by atoms with E-state index in [-0.39, 0.29) is 12.0 Å². The highest BCUT2D eigenvalue weighted by atomic mass is 31.0. The topological polar surface area (TPSA) is 29.5 Å². The first kappa shape index (κ1) is 9.94. The third kappa shape index (κ3) is 1.96. The Kier molecular flexibility index (Phi) is 3.48. The Labute approximate surface area is 75.7 Å². The lowest BCUT2D eigenvalue weighted by molar-refractivity contribution is -0.146. The second-order valence-electron chi connectivity index (χ2n) is 3.14. The van der Waals surface area contributed by atoms with Crippen molar-refractivity contribution in [1.82, 2.24) is 4.67 Å². The van der Waals surface area contributed by atoms with Crippen LogP contribution >= 0.6 is 9.39 Å². The number of nitrogens with zero attached hydrogens (tertiary/aromatic N) is 1. The molecule has 1 heterocycles. The molecular formula is C8H16NO2P. The molecule has 1 saturated heterocycles. The summed E-state index contributed by atoms with van der Waals surface area (Å²) < 4.78 is 6.96. The molecule has 1 rings (SSSR count). The normalized spacial score (nSPS) is 30.6. The van der Waals surface area contributed by atoms with Crippen LogP contribution in [0, 0.1) is 0 Å². The fourth-order valence-electron chi connectivity index (χ4n) is 1.48. The van der Waals surface area contributed by atoms with E-state index in [4.69, 9.17) is 4.74 Å². The average Bonchev–Trinajstić information content (AvgIpc) is 2.34. The number of rotatable bonds is 2. The van der Waals surface area contributed by atoms with Crippen LogP contribution in [-0.2, 0) is 9.53 Å². The summed E-state index contributed by atoms with van der Waals surface area (Å²) in [5, 5.41) is 0. The lowest BCUT2D eigenvalue weighted by Gasteiger charge is -2.20. The molecule has 70 valence electrons. The standard InChI is InChI=1S/C8H16NO2P/c1-3-11-8(10)7-5-4-6(2)9(7)12/h6-7H,3-5,12H2,1-2H3/t6-,7-/m0/s1. The number of carbonyl (C=O) groups excluding carboxylic acids is 1. The predicted octanol–water partition coefficient (Wildman–Crippen LogP) is 1.19. The van der Waals surface area contributed by atoms with Crippen molar-refractivity contribution in [2.45, 2.75) is 38.8 Å². The maximum absolute atomic E-state index is 11.3. The third-order valence-corrected chi connectivity index (χ3v) is 3.15. The van der Waals surface area contributed by atoms with Crippen LogP contribution in [0.4, 0.5) is 0 Å². The van der Waals surface area contributed by atoms with E-state index in [2.05, 4.69) is 16.3 Å². The minimum absolute atomic E-state index is 0.0371. The molecule has 3 atom stereocenters. The molecule has 12 heavy (non-hydrogen) atoms. The number of carbonyl (C=O) groups is 1. The van der Waals surface area contributed by atoms with Gasteiger partial charge in [-0.05, 0) is 26.7 Å². The van der Waals surface area contributed by atoms with Crippen molar-refractivity contribution in [3.05, 3.63) is 0 Å². The minimum Gasteiger partial charge on any atom is -0.465 e. The monoisotopic (exact) mass is 189 g/mol. The summed E-state index contributed by atoms with van der Waals surface area (Å²) >= 11 is 0. The van der Waals surface area contributed by atoms with Crippen LogP contribution in [0.25, 0.3) is 0 Å². The van der Waals surface area contributed by atoms with Gasteiger partial charge in [0.15, 0.2) is 0 Å². The predicted molar refractivity (Wildman–Crippen MR) is 50.7 cm³/mol. The van der Waals surface area contributed by atoms with Gasteiger partial charge in [0.05, 0.1) is 6.61 Å². The summed E-state index contributed by atoms with van der Waals surface area (Å²) in [4.78, 5) is 11.3. The first-order chi connectivity index (χ1) is 5.66. The zero-order chi connectivity index (χ0) is 9.14. The second-order valence-corrected chi connectivity index (χ2v) is 3.74. The summed E-state index contributed by atoms with van der Waals surface area (Å²) in [6.45, 7) is 4.43. The first-order valence-corrected chi connectivity index (χ1v) is 4.88. The highest BCUT2D eigenvalue weighted by Gasteiger charge is 2.33. The molecule has 0 aliphatic carbocycles. The molecule has 0 N–H and O–H groups in total. The van der Waals surface area contributed by atoms with E-state index in [1.165, 1.54) is 0 Å².